The smallest absolute Gasteiger partial charge is 0.330 e. The van der Waals surface area contributed by atoms with Gasteiger partial charge in [0.1, 0.15) is 24.0 Å². The van der Waals surface area contributed by atoms with Gasteiger partial charge in [-0.2, -0.15) is 0 Å². The molecule has 1 saturated heterocycles. The Morgan fingerprint density at radius 1 is 1.45 bits per heavy atom. The Morgan fingerprint density at radius 3 is 2.70 bits per heavy atom. The predicted octanol–water partition coefficient (Wildman–Crippen LogP) is -1.91. The zero-order chi connectivity index (χ0) is 14.9. The average Bonchev–Trinajstić information content (AvgIpc) is 2.70. The lowest BCUT2D eigenvalue weighted by atomic mass is 10.1. The van der Waals surface area contributed by atoms with Crippen LogP contribution in [0.15, 0.2) is 20.9 Å². The van der Waals surface area contributed by atoms with Crippen LogP contribution >= 0.6 is 0 Å². The van der Waals surface area contributed by atoms with E-state index in [1.54, 1.807) is 0 Å². The minimum Gasteiger partial charge on any atom is -0.394 e. The molecule has 1 aromatic rings. The van der Waals surface area contributed by atoms with Gasteiger partial charge in [0.15, 0.2) is 6.23 Å². The highest BCUT2D eigenvalue weighted by Crippen LogP contribution is 2.28. The number of H-pyrrole nitrogens is 1. The van der Waals surface area contributed by atoms with E-state index < -0.39 is 48.1 Å². The molecule has 0 aliphatic carbocycles. The van der Waals surface area contributed by atoms with Crippen LogP contribution < -0.4 is 11.2 Å². The Bertz CT molecular complexity index is 662. The number of ether oxygens (including phenoxy) is 1. The number of hydrogen-bond acceptors (Lipinski definition) is 7. The van der Waals surface area contributed by atoms with Gasteiger partial charge in [0.2, 0.25) is 0 Å². The van der Waals surface area contributed by atoms with Crippen molar-refractivity contribution in [2.45, 2.75) is 24.5 Å². The number of aliphatic hydroxyl groups excluding tert-OH is 3. The number of rotatable bonds is 3. The first-order valence-corrected chi connectivity index (χ1v) is 5.52. The minimum atomic E-state index is -1.49. The van der Waals surface area contributed by atoms with Crippen LogP contribution in [-0.4, -0.2) is 49.8 Å². The van der Waals surface area contributed by atoms with Gasteiger partial charge in [0.05, 0.1) is 6.61 Å². The summed E-state index contributed by atoms with van der Waals surface area (Å²) in [7, 11) is 0. The second kappa shape index (κ2) is 5.45. The third kappa shape index (κ3) is 2.31. The number of nitrogens with zero attached hydrogens (tertiary/aromatic N) is 4. The van der Waals surface area contributed by atoms with E-state index in [9.17, 15) is 19.8 Å². The summed E-state index contributed by atoms with van der Waals surface area (Å²) >= 11 is 0. The first-order chi connectivity index (χ1) is 9.49. The van der Waals surface area contributed by atoms with Crippen molar-refractivity contribution < 1.29 is 20.1 Å². The average molecular weight is 285 g/mol. The van der Waals surface area contributed by atoms with E-state index in [2.05, 4.69) is 10.0 Å². The summed E-state index contributed by atoms with van der Waals surface area (Å²) in [6.07, 6.45) is -4.38. The highest BCUT2D eigenvalue weighted by Gasteiger charge is 2.43. The fourth-order valence-electron chi connectivity index (χ4n) is 1.89. The largest absolute Gasteiger partial charge is 0.394 e. The quantitative estimate of drug-likeness (QED) is 0.286. The summed E-state index contributed by atoms with van der Waals surface area (Å²) in [5, 5.41) is 31.4. The summed E-state index contributed by atoms with van der Waals surface area (Å²) < 4.78 is 5.90. The molecule has 20 heavy (non-hydrogen) atoms. The second-order valence-corrected chi connectivity index (χ2v) is 4.10. The van der Waals surface area contributed by atoms with Crippen LogP contribution in [0.3, 0.4) is 0 Å². The molecule has 2 heterocycles. The van der Waals surface area contributed by atoms with Gasteiger partial charge in [-0.3, -0.25) is 14.3 Å². The van der Waals surface area contributed by atoms with Crippen LogP contribution in [-0.2, 0) is 4.74 Å². The number of aromatic nitrogens is 2. The summed E-state index contributed by atoms with van der Waals surface area (Å²) in [6, 6.07) is 0. The summed E-state index contributed by atoms with van der Waals surface area (Å²) in [5.74, 6) is 0. The van der Waals surface area contributed by atoms with Crippen LogP contribution in [0.4, 0.5) is 5.69 Å². The fraction of sp³-hybridized carbons (Fsp3) is 0.556. The first-order valence-electron chi connectivity index (χ1n) is 5.52. The Labute approximate surface area is 110 Å². The van der Waals surface area contributed by atoms with Gasteiger partial charge in [0.25, 0.3) is 5.56 Å². The fourth-order valence-corrected chi connectivity index (χ4v) is 1.89. The van der Waals surface area contributed by atoms with Crippen molar-refractivity contribution in [3.05, 3.63) is 37.5 Å². The lowest BCUT2D eigenvalue weighted by molar-refractivity contribution is -0.0549. The molecule has 1 aromatic heterocycles. The molecule has 108 valence electrons. The highest BCUT2D eigenvalue weighted by molar-refractivity contribution is 5.29. The predicted molar refractivity (Wildman–Crippen MR) is 63.1 cm³/mol. The van der Waals surface area contributed by atoms with Crippen molar-refractivity contribution in [3.63, 3.8) is 0 Å². The zero-order valence-electron chi connectivity index (χ0n) is 9.95. The molecule has 11 heteroatoms. The molecule has 2 rings (SSSR count). The van der Waals surface area contributed by atoms with E-state index in [4.69, 9.17) is 15.4 Å². The van der Waals surface area contributed by atoms with Gasteiger partial charge < -0.3 is 20.1 Å². The standard InChI is InChI=1S/C9H11N5O6/c10-13-12-3-1-14(9(19)11-7(3)18)8-6(17)5(16)4(2-15)20-8/h1,4-6,8,15-17H,2H2,(H,11,18,19)/t4-,5?,6?,8-/m0/s1. The van der Waals surface area contributed by atoms with Gasteiger partial charge in [0, 0.05) is 11.1 Å². The summed E-state index contributed by atoms with van der Waals surface area (Å²) in [5.41, 5.74) is 6.10. The molecule has 4 N–H and O–H groups in total. The molecule has 1 aliphatic heterocycles. The van der Waals surface area contributed by atoms with Crippen LogP contribution in [0, 0.1) is 0 Å². The lowest BCUT2D eigenvalue weighted by Gasteiger charge is -2.17. The molecule has 4 atom stereocenters. The monoisotopic (exact) mass is 285 g/mol. The van der Waals surface area contributed by atoms with E-state index in [1.165, 1.54) is 0 Å². The maximum atomic E-state index is 11.7. The van der Waals surface area contributed by atoms with Gasteiger partial charge in [-0.1, -0.05) is 5.11 Å². The van der Waals surface area contributed by atoms with Crippen molar-refractivity contribution in [1.82, 2.24) is 9.55 Å². The summed E-state index contributed by atoms with van der Waals surface area (Å²) in [6.45, 7) is -0.559. The van der Waals surface area contributed by atoms with Gasteiger partial charge in [-0.15, -0.1) is 0 Å². The highest BCUT2D eigenvalue weighted by atomic mass is 16.6. The van der Waals surface area contributed by atoms with Crippen molar-refractivity contribution in [3.8, 4) is 0 Å². The number of aromatic amines is 1. The van der Waals surface area contributed by atoms with Gasteiger partial charge >= 0.3 is 5.69 Å². The molecule has 0 spiro atoms. The molecule has 1 aliphatic rings. The molecule has 0 bridgehead atoms. The molecule has 0 aromatic carbocycles. The van der Waals surface area contributed by atoms with E-state index in [0.29, 0.717) is 0 Å². The van der Waals surface area contributed by atoms with Crippen LogP contribution in [0.5, 0.6) is 0 Å². The molecular weight excluding hydrogens is 274 g/mol. The topological polar surface area (TPSA) is 174 Å². The van der Waals surface area contributed by atoms with Crippen LogP contribution in [0.2, 0.25) is 0 Å². The van der Waals surface area contributed by atoms with E-state index in [0.717, 1.165) is 10.8 Å². The maximum absolute atomic E-state index is 11.7. The SMILES string of the molecule is [N-]=[N+]=Nc1cn([C@H]2O[C@@H](CO)C(O)C2O)c(=O)[nH]c1=O. The van der Waals surface area contributed by atoms with Crippen molar-refractivity contribution >= 4 is 5.69 Å². The first kappa shape index (κ1) is 14.2. The molecule has 2 unspecified atom stereocenters. The number of hydrogen-bond donors (Lipinski definition) is 4. The minimum absolute atomic E-state index is 0.398. The van der Waals surface area contributed by atoms with Crippen molar-refractivity contribution in [2.75, 3.05) is 6.61 Å². The number of aliphatic hydroxyl groups is 3. The second-order valence-electron chi connectivity index (χ2n) is 4.10. The lowest BCUT2D eigenvalue weighted by Crippen LogP contribution is -2.37. The number of nitrogens with one attached hydrogen (secondary N) is 1. The Balaban J connectivity index is 2.48. The molecule has 11 nitrogen and oxygen atoms in total. The van der Waals surface area contributed by atoms with Crippen LogP contribution in [0.25, 0.3) is 10.4 Å². The van der Waals surface area contributed by atoms with E-state index in [-0.39, 0.29) is 0 Å². The Kier molecular flexibility index (Phi) is 3.88. The third-order valence-electron chi connectivity index (χ3n) is 2.89. The molecule has 1 fully saturated rings. The molecular formula is C9H11N5O6. The third-order valence-corrected chi connectivity index (χ3v) is 2.89. The maximum Gasteiger partial charge on any atom is 0.330 e. The Hall–Kier alpha value is -2.17. The molecule has 0 radical (unpaired) electrons. The molecule has 0 amide bonds. The van der Waals surface area contributed by atoms with Crippen molar-refractivity contribution in [2.24, 2.45) is 5.11 Å². The van der Waals surface area contributed by atoms with Crippen molar-refractivity contribution in [1.29, 1.82) is 0 Å². The van der Waals surface area contributed by atoms with E-state index >= 15 is 0 Å². The Morgan fingerprint density at radius 2 is 2.15 bits per heavy atom. The summed E-state index contributed by atoms with van der Waals surface area (Å²) in [4.78, 5) is 27.3. The molecule has 0 saturated carbocycles. The zero-order valence-corrected chi connectivity index (χ0v) is 9.95. The normalized spacial score (nSPS) is 29.1. The number of azide groups is 1. The van der Waals surface area contributed by atoms with E-state index in [1.807, 2.05) is 4.98 Å². The van der Waals surface area contributed by atoms with Crippen LogP contribution in [0.1, 0.15) is 6.23 Å². The van der Waals surface area contributed by atoms with Gasteiger partial charge in [-0.05, 0) is 5.53 Å². The van der Waals surface area contributed by atoms with Gasteiger partial charge in [-0.25, -0.2) is 4.79 Å².